The standard InChI is InChI=1S/C20H28N6O3/c1-3-21-20(28)23-18(27)14-25-9-11-26(12-10-25)15(2)19-22-17(24-29-19)13-16-7-5-4-6-8-16/h4-8,15H,3,9-14H2,1-2H3,(H2,21,23,27,28). The van der Waals surface area contributed by atoms with Crippen molar-refractivity contribution >= 4 is 11.9 Å². The fraction of sp³-hybridized carbons (Fsp3) is 0.500. The van der Waals surface area contributed by atoms with Crippen LogP contribution in [0.1, 0.15) is 37.2 Å². The van der Waals surface area contributed by atoms with Crippen LogP contribution >= 0.6 is 0 Å². The Bertz CT molecular complexity index is 802. The summed E-state index contributed by atoms with van der Waals surface area (Å²) in [6, 6.07) is 9.62. The zero-order chi connectivity index (χ0) is 20.6. The number of nitrogens with one attached hydrogen (secondary N) is 2. The highest BCUT2D eigenvalue weighted by Gasteiger charge is 2.26. The molecular weight excluding hydrogens is 372 g/mol. The summed E-state index contributed by atoms with van der Waals surface area (Å²) in [5.74, 6) is 0.997. The van der Waals surface area contributed by atoms with Crippen LogP contribution in [0.15, 0.2) is 34.9 Å². The van der Waals surface area contributed by atoms with E-state index in [-0.39, 0.29) is 18.5 Å². The molecule has 2 heterocycles. The normalized spacial score (nSPS) is 16.3. The van der Waals surface area contributed by atoms with Crippen molar-refractivity contribution in [3.8, 4) is 0 Å². The maximum atomic E-state index is 11.9. The van der Waals surface area contributed by atoms with E-state index in [1.807, 2.05) is 35.2 Å². The number of amides is 3. The van der Waals surface area contributed by atoms with Crippen LogP contribution in [-0.2, 0) is 11.2 Å². The molecule has 9 nitrogen and oxygen atoms in total. The first kappa shape index (κ1) is 20.9. The fourth-order valence-corrected chi connectivity index (χ4v) is 3.33. The number of nitrogens with zero attached hydrogens (tertiary/aromatic N) is 4. The van der Waals surface area contributed by atoms with E-state index >= 15 is 0 Å². The third-order valence-electron chi connectivity index (χ3n) is 4.96. The van der Waals surface area contributed by atoms with Crippen molar-refractivity contribution in [3.63, 3.8) is 0 Å². The van der Waals surface area contributed by atoms with E-state index < -0.39 is 6.03 Å². The topological polar surface area (TPSA) is 104 Å². The molecule has 1 saturated heterocycles. The number of rotatable bonds is 7. The molecule has 2 aromatic rings. The number of carbonyl (C=O) groups is 2. The minimum Gasteiger partial charge on any atom is -0.338 e. The Hall–Kier alpha value is -2.78. The Labute approximate surface area is 170 Å². The van der Waals surface area contributed by atoms with Gasteiger partial charge in [0, 0.05) is 39.1 Å². The van der Waals surface area contributed by atoms with Gasteiger partial charge in [-0.1, -0.05) is 35.5 Å². The zero-order valence-electron chi connectivity index (χ0n) is 16.9. The minimum absolute atomic E-state index is 0.0123. The molecule has 1 fully saturated rings. The van der Waals surface area contributed by atoms with Gasteiger partial charge in [0.2, 0.25) is 11.8 Å². The number of urea groups is 1. The monoisotopic (exact) mass is 400 g/mol. The first-order valence-corrected chi connectivity index (χ1v) is 9.95. The van der Waals surface area contributed by atoms with E-state index in [1.165, 1.54) is 0 Å². The van der Waals surface area contributed by atoms with Crippen molar-refractivity contribution in [3.05, 3.63) is 47.6 Å². The molecule has 1 atom stereocenters. The lowest BCUT2D eigenvalue weighted by Gasteiger charge is -2.36. The zero-order valence-corrected chi connectivity index (χ0v) is 16.9. The van der Waals surface area contributed by atoms with E-state index in [0.717, 1.165) is 31.7 Å². The summed E-state index contributed by atoms with van der Waals surface area (Å²) < 4.78 is 5.49. The predicted octanol–water partition coefficient (Wildman–Crippen LogP) is 1.18. The van der Waals surface area contributed by atoms with Crippen LogP contribution in [-0.4, -0.2) is 71.1 Å². The van der Waals surface area contributed by atoms with Crippen LogP contribution < -0.4 is 10.6 Å². The van der Waals surface area contributed by atoms with Crippen molar-refractivity contribution in [2.45, 2.75) is 26.3 Å². The average molecular weight is 400 g/mol. The molecule has 1 aliphatic heterocycles. The van der Waals surface area contributed by atoms with Crippen molar-refractivity contribution in [1.29, 1.82) is 0 Å². The van der Waals surface area contributed by atoms with Crippen LogP contribution in [0.4, 0.5) is 4.79 Å². The highest BCUT2D eigenvalue weighted by Crippen LogP contribution is 2.20. The summed E-state index contributed by atoms with van der Waals surface area (Å²) >= 11 is 0. The van der Waals surface area contributed by atoms with E-state index in [0.29, 0.717) is 24.7 Å². The van der Waals surface area contributed by atoms with Gasteiger partial charge in [0.05, 0.1) is 12.6 Å². The highest BCUT2D eigenvalue weighted by molar-refractivity contribution is 5.95. The summed E-state index contributed by atoms with van der Waals surface area (Å²) in [5, 5.41) is 8.99. The van der Waals surface area contributed by atoms with Gasteiger partial charge in [0.1, 0.15) is 0 Å². The maximum Gasteiger partial charge on any atom is 0.321 e. The van der Waals surface area contributed by atoms with Gasteiger partial charge in [0.25, 0.3) is 0 Å². The molecule has 156 valence electrons. The second kappa shape index (κ2) is 10.1. The quantitative estimate of drug-likeness (QED) is 0.719. The summed E-state index contributed by atoms with van der Waals surface area (Å²) in [7, 11) is 0. The number of piperazine rings is 1. The van der Waals surface area contributed by atoms with Crippen molar-refractivity contribution in [1.82, 2.24) is 30.6 Å². The maximum absolute atomic E-state index is 11.9. The number of benzene rings is 1. The summed E-state index contributed by atoms with van der Waals surface area (Å²) in [5.41, 5.74) is 1.15. The Morgan fingerprint density at radius 1 is 1.17 bits per heavy atom. The summed E-state index contributed by atoms with van der Waals surface area (Å²) in [4.78, 5) is 32.2. The minimum atomic E-state index is -0.451. The Kier molecular flexibility index (Phi) is 7.31. The lowest BCUT2D eigenvalue weighted by Crippen LogP contribution is -2.51. The predicted molar refractivity (Wildman–Crippen MR) is 107 cm³/mol. The second-order valence-electron chi connectivity index (χ2n) is 7.11. The average Bonchev–Trinajstić information content (AvgIpc) is 3.17. The summed E-state index contributed by atoms with van der Waals surface area (Å²) in [6.45, 7) is 7.59. The van der Waals surface area contributed by atoms with Gasteiger partial charge in [-0.3, -0.25) is 19.9 Å². The van der Waals surface area contributed by atoms with Crippen LogP contribution in [0.2, 0.25) is 0 Å². The van der Waals surface area contributed by atoms with Gasteiger partial charge in [-0.25, -0.2) is 4.79 Å². The second-order valence-corrected chi connectivity index (χ2v) is 7.11. The highest BCUT2D eigenvalue weighted by atomic mass is 16.5. The van der Waals surface area contributed by atoms with Gasteiger partial charge >= 0.3 is 6.03 Å². The van der Waals surface area contributed by atoms with E-state index in [4.69, 9.17) is 4.52 Å². The van der Waals surface area contributed by atoms with Crippen LogP contribution in [0, 0.1) is 0 Å². The molecule has 0 radical (unpaired) electrons. The molecule has 1 unspecified atom stereocenters. The van der Waals surface area contributed by atoms with E-state index in [9.17, 15) is 9.59 Å². The van der Waals surface area contributed by atoms with Crippen LogP contribution in [0.5, 0.6) is 0 Å². The molecule has 1 aliphatic rings. The van der Waals surface area contributed by atoms with Gasteiger partial charge in [-0.05, 0) is 19.4 Å². The Morgan fingerprint density at radius 3 is 2.59 bits per heavy atom. The number of hydrogen-bond donors (Lipinski definition) is 2. The van der Waals surface area contributed by atoms with Crippen molar-refractivity contribution in [2.24, 2.45) is 0 Å². The van der Waals surface area contributed by atoms with Gasteiger partial charge in [0.15, 0.2) is 5.82 Å². The molecule has 2 N–H and O–H groups in total. The third kappa shape index (κ3) is 6.10. The van der Waals surface area contributed by atoms with Crippen LogP contribution in [0.3, 0.4) is 0 Å². The Morgan fingerprint density at radius 2 is 1.90 bits per heavy atom. The number of aromatic nitrogens is 2. The summed E-state index contributed by atoms with van der Waals surface area (Å²) in [6.07, 6.45) is 0.644. The molecule has 0 spiro atoms. The lowest BCUT2D eigenvalue weighted by atomic mass is 10.1. The SMILES string of the molecule is CCNC(=O)NC(=O)CN1CCN(C(C)c2nc(Cc3ccccc3)no2)CC1. The largest absolute Gasteiger partial charge is 0.338 e. The van der Waals surface area contributed by atoms with Crippen LogP contribution in [0.25, 0.3) is 0 Å². The molecule has 1 aromatic heterocycles. The van der Waals surface area contributed by atoms with Gasteiger partial charge < -0.3 is 9.84 Å². The first-order chi connectivity index (χ1) is 14.0. The molecule has 0 saturated carbocycles. The smallest absolute Gasteiger partial charge is 0.321 e. The number of imide groups is 1. The molecule has 0 bridgehead atoms. The molecule has 29 heavy (non-hydrogen) atoms. The van der Waals surface area contributed by atoms with E-state index in [2.05, 4.69) is 32.6 Å². The van der Waals surface area contributed by atoms with Crippen molar-refractivity contribution in [2.75, 3.05) is 39.3 Å². The Balaban J connectivity index is 1.46. The first-order valence-electron chi connectivity index (χ1n) is 9.95. The molecule has 1 aromatic carbocycles. The molecule has 3 amide bonds. The third-order valence-corrected chi connectivity index (χ3v) is 4.96. The molecule has 9 heteroatoms. The lowest BCUT2D eigenvalue weighted by molar-refractivity contribution is -0.121. The fourth-order valence-electron chi connectivity index (χ4n) is 3.33. The van der Waals surface area contributed by atoms with Gasteiger partial charge in [-0.2, -0.15) is 4.98 Å². The van der Waals surface area contributed by atoms with Crippen molar-refractivity contribution < 1.29 is 14.1 Å². The number of carbonyl (C=O) groups excluding carboxylic acids is 2. The molecule has 3 rings (SSSR count). The van der Waals surface area contributed by atoms with E-state index in [1.54, 1.807) is 6.92 Å². The number of hydrogen-bond acceptors (Lipinski definition) is 7. The molecule has 0 aliphatic carbocycles. The van der Waals surface area contributed by atoms with Gasteiger partial charge in [-0.15, -0.1) is 0 Å². The molecular formula is C20H28N6O3.